The Balaban J connectivity index is 2.79. The van der Waals surface area contributed by atoms with Crippen molar-refractivity contribution < 1.29 is 14.8 Å². The highest BCUT2D eigenvalue weighted by Gasteiger charge is 2.13. The Morgan fingerprint density at radius 2 is 2.33 bits per heavy atom. The number of hydrogen-bond acceptors (Lipinski definition) is 5. The molecule has 1 aromatic rings. The predicted octanol–water partition coefficient (Wildman–Crippen LogP) is 1.59. The fourth-order valence-electron chi connectivity index (χ4n) is 0.954. The van der Waals surface area contributed by atoms with E-state index in [-0.39, 0.29) is 18.8 Å². The minimum Gasteiger partial charge on any atom is -0.502 e. The number of benzene rings is 1. The molecule has 0 aliphatic heterocycles. The number of phenols is 1. The van der Waals surface area contributed by atoms with Crippen LogP contribution in [0.4, 0.5) is 5.69 Å². The lowest BCUT2D eigenvalue weighted by Gasteiger charge is -2.03. The standard InChI is InChI=1S/C9H8N2O4/c10-4-1-5-15-7-2-3-9(12)8(6-7)11(13)14/h2-3,6,12H,1,5H2. The highest BCUT2D eigenvalue weighted by Crippen LogP contribution is 2.29. The molecular weight excluding hydrogens is 200 g/mol. The smallest absolute Gasteiger partial charge is 0.314 e. The van der Waals surface area contributed by atoms with Crippen LogP contribution in [0.25, 0.3) is 0 Å². The molecule has 6 heteroatoms. The van der Waals surface area contributed by atoms with Gasteiger partial charge in [-0.05, 0) is 12.1 Å². The molecule has 1 rings (SSSR count). The third-order valence-electron chi connectivity index (χ3n) is 1.63. The summed E-state index contributed by atoms with van der Waals surface area (Å²) >= 11 is 0. The zero-order chi connectivity index (χ0) is 11.3. The van der Waals surface area contributed by atoms with Crippen molar-refractivity contribution in [1.29, 1.82) is 5.26 Å². The van der Waals surface area contributed by atoms with E-state index < -0.39 is 16.4 Å². The molecule has 0 saturated carbocycles. The zero-order valence-electron chi connectivity index (χ0n) is 7.71. The van der Waals surface area contributed by atoms with E-state index in [0.717, 1.165) is 6.07 Å². The fourth-order valence-corrected chi connectivity index (χ4v) is 0.954. The third kappa shape index (κ3) is 2.84. The van der Waals surface area contributed by atoms with Gasteiger partial charge in [-0.25, -0.2) is 0 Å². The summed E-state index contributed by atoms with van der Waals surface area (Å²) < 4.78 is 5.05. The lowest BCUT2D eigenvalue weighted by Crippen LogP contribution is -1.96. The Labute approximate surface area is 85.5 Å². The SMILES string of the molecule is N#CCCOc1ccc(O)c([N+](=O)[O-])c1. The van der Waals surface area contributed by atoms with Crippen molar-refractivity contribution in [1.82, 2.24) is 0 Å². The van der Waals surface area contributed by atoms with Crippen molar-refractivity contribution in [3.63, 3.8) is 0 Å². The number of nitro groups is 1. The van der Waals surface area contributed by atoms with Gasteiger partial charge in [-0.1, -0.05) is 0 Å². The van der Waals surface area contributed by atoms with Gasteiger partial charge in [0.2, 0.25) is 0 Å². The van der Waals surface area contributed by atoms with Crippen LogP contribution >= 0.6 is 0 Å². The van der Waals surface area contributed by atoms with Crippen LogP contribution in [0.1, 0.15) is 6.42 Å². The quantitative estimate of drug-likeness (QED) is 0.460. The molecular formula is C9H8N2O4. The molecule has 1 aromatic carbocycles. The van der Waals surface area contributed by atoms with E-state index in [9.17, 15) is 10.1 Å². The summed E-state index contributed by atoms with van der Waals surface area (Å²) in [7, 11) is 0. The normalized spacial score (nSPS) is 9.27. The van der Waals surface area contributed by atoms with Gasteiger partial charge in [0.25, 0.3) is 0 Å². The molecule has 0 heterocycles. The molecule has 0 aromatic heterocycles. The van der Waals surface area contributed by atoms with Crippen LogP contribution in [-0.4, -0.2) is 16.6 Å². The summed E-state index contributed by atoms with van der Waals surface area (Å²) in [6.07, 6.45) is 0.203. The van der Waals surface area contributed by atoms with Gasteiger partial charge < -0.3 is 9.84 Å². The monoisotopic (exact) mass is 208 g/mol. The minimum absolute atomic E-state index is 0.165. The van der Waals surface area contributed by atoms with E-state index >= 15 is 0 Å². The van der Waals surface area contributed by atoms with E-state index in [4.69, 9.17) is 15.1 Å². The topological polar surface area (TPSA) is 96.4 Å². The highest BCUT2D eigenvalue weighted by molar-refractivity contribution is 5.49. The van der Waals surface area contributed by atoms with Gasteiger partial charge in [0.1, 0.15) is 12.4 Å². The van der Waals surface area contributed by atoms with Crippen LogP contribution in [0.3, 0.4) is 0 Å². The third-order valence-corrected chi connectivity index (χ3v) is 1.63. The van der Waals surface area contributed by atoms with E-state index in [0.29, 0.717) is 0 Å². The maximum Gasteiger partial charge on any atom is 0.314 e. The van der Waals surface area contributed by atoms with Gasteiger partial charge in [0.15, 0.2) is 5.75 Å². The largest absolute Gasteiger partial charge is 0.502 e. The molecule has 0 atom stereocenters. The van der Waals surface area contributed by atoms with Gasteiger partial charge >= 0.3 is 5.69 Å². The van der Waals surface area contributed by atoms with Crippen molar-refractivity contribution in [2.24, 2.45) is 0 Å². The molecule has 0 fully saturated rings. The number of nitrogens with zero attached hydrogens (tertiary/aromatic N) is 2. The Morgan fingerprint density at radius 1 is 1.60 bits per heavy atom. The molecule has 0 bridgehead atoms. The van der Waals surface area contributed by atoms with Crippen molar-refractivity contribution in [3.05, 3.63) is 28.3 Å². The Bertz CT molecular complexity index is 411. The first-order valence-electron chi connectivity index (χ1n) is 4.12. The van der Waals surface area contributed by atoms with E-state index in [1.54, 1.807) is 0 Å². The molecule has 0 spiro atoms. The molecule has 0 radical (unpaired) electrons. The van der Waals surface area contributed by atoms with Crippen molar-refractivity contribution in [2.75, 3.05) is 6.61 Å². The first kappa shape index (κ1) is 10.8. The second-order valence-electron chi connectivity index (χ2n) is 2.66. The average Bonchev–Trinajstić information content (AvgIpc) is 2.20. The summed E-state index contributed by atoms with van der Waals surface area (Å²) in [5, 5.41) is 27.8. The van der Waals surface area contributed by atoms with Gasteiger partial charge in [-0.3, -0.25) is 10.1 Å². The van der Waals surface area contributed by atoms with Crippen molar-refractivity contribution in [3.8, 4) is 17.6 Å². The Hall–Kier alpha value is -2.29. The maximum atomic E-state index is 10.4. The Morgan fingerprint density at radius 3 is 2.93 bits per heavy atom. The predicted molar refractivity (Wildman–Crippen MR) is 50.5 cm³/mol. The molecule has 6 nitrogen and oxygen atoms in total. The van der Waals surface area contributed by atoms with Gasteiger partial charge in [0.05, 0.1) is 23.5 Å². The summed E-state index contributed by atoms with van der Waals surface area (Å²) in [4.78, 5) is 9.74. The van der Waals surface area contributed by atoms with Crippen LogP contribution in [0.2, 0.25) is 0 Å². The minimum atomic E-state index is -0.702. The molecule has 0 aliphatic carbocycles. The second kappa shape index (κ2) is 4.81. The fraction of sp³-hybridized carbons (Fsp3) is 0.222. The number of rotatable bonds is 4. The van der Waals surface area contributed by atoms with Crippen molar-refractivity contribution >= 4 is 5.69 Å². The lowest BCUT2D eigenvalue weighted by atomic mass is 10.3. The van der Waals surface area contributed by atoms with Crippen molar-refractivity contribution in [2.45, 2.75) is 6.42 Å². The molecule has 15 heavy (non-hydrogen) atoms. The second-order valence-corrected chi connectivity index (χ2v) is 2.66. The molecule has 0 amide bonds. The first-order valence-corrected chi connectivity index (χ1v) is 4.12. The van der Waals surface area contributed by atoms with E-state index in [1.807, 2.05) is 6.07 Å². The molecule has 0 unspecified atom stereocenters. The highest BCUT2D eigenvalue weighted by atomic mass is 16.6. The van der Waals surface area contributed by atoms with E-state index in [2.05, 4.69) is 0 Å². The van der Waals surface area contributed by atoms with Gasteiger partial charge in [-0.2, -0.15) is 5.26 Å². The van der Waals surface area contributed by atoms with Crippen LogP contribution in [0.5, 0.6) is 11.5 Å². The summed E-state index contributed by atoms with van der Waals surface area (Å²) in [6, 6.07) is 5.58. The first-order chi connectivity index (χ1) is 7.15. The Kier molecular flexibility index (Phi) is 3.46. The molecule has 0 saturated heterocycles. The van der Waals surface area contributed by atoms with Gasteiger partial charge in [0, 0.05) is 0 Å². The van der Waals surface area contributed by atoms with Gasteiger partial charge in [-0.15, -0.1) is 0 Å². The van der Waals surface area contributed by atoms with Crippen LogP contribution in [-0.2, 0) is 0 Å². The number of aromatic hydroxyl groups is 1. The van der Waals surface area contributed by atoms with Crippen LogP contribution in [0, 0.1) is 21.4 Å². The number of hydrogen-bond donors (Lipinski definition) is 1. The summed E-state index contributed by atoms with van der Waals surface area (Å²) in [5.74, 6) is -0.151. The number of nitro benzene ring substituents is 1. The number of phenolic OH excluding ortho intramolecular Hbond substituents is 1. The molecule has 1 N–H and O–H groups in total. The maximum absolute atomic E-state index is 10.4. The molecule has 78 valence electrons. The summed E-state index contributed by atoms with van der Waals surface area (Å²) in [6.45, 7) is 0.165. The molecule has 0 aliphatic rings. The average molecular weight is 208 g/mol. The zero-order valence-corrected chi connectivity index (χ0v) is 7.71. The van der Waals surface area contributed by atoms with Crippen LogP contribution in [0.15, 0.2) is 18.2 Å². The lowest BCUT2D eigenvalue weighted by molar-refractivity contribution is -0.385. The summed E-state index contributed by atoms with van der Waals surface area (Å²) in [5.41, 5.74) is -0.413. The number of nitriles is 1. The van der Waals surface area contributed by atoms with E-state index in [1.165, 1.54) is 12.1 Å². The number of ether oxygens (including phenoxy) is 1. The van der Waals surface area contributed by atoms with Crippen LogP contribution < -0.4 is 4.74 Å².